The highest BCUT2D eigenvalue weighted by molar-refractivity contribution is 5.50. The third-order valence-corrected chi connectivity index (χ3v) is 3.37. The van der Waals surface area contributed by atoms with Gasteiger partial charge in [0.15, 0.2) is 0 Å². The van der Waals surface area contributed by atoms with Crippen LogP contribution in [-0.2, 0) is 6.54 Å². The van der Waals surface area contributed by atoms with Gasteiger partial charge in [0.1, 0.15) is 5.82 Å². The lowest BCUT2D eigenvalue weighted by molar-refractivity contribution is 0.218. The molecular weight excluding hydrogens is 227 g/mol. The molecular formula is C15H21FN2. The van der Waals surface area contributed by atoms with Crippen molar-refractivity contribution in [3.63, 3.8) is 0 Å². The number of hydrogen-bond acceptors (Lipinski definition) is 2. The Labute approximate surface area is 108 Å². The Morgan fingerprint density at radius 2 is 2.00 bits per heavy atom. The molecule has 1 heterocycles. The summed E-state index contributed by atoms with van der Waals surface area (Å²) in [5.74, 6) is -0.111. The minimum atomic E-state index is -0.111. The van der Waals surface area contributed by atoms with Crippen LogP contribution in [0.4, 0.5) is 4.39 Å². The van der Waals surface area contributed by atoms with Gasteiger partial charge in [-0.2, -0.15) is 0 Å². The van der Waals surface area contributed by atoms with Gasteiger partial charge in [-0.15, -0.1) is 0 Å². The van der Waals surface area contributed by atoms with E-state index in [1.165, 1.54) is 19.3 Å². The van der Waals surface area contributed by atoms with Crippen molar-refractivity contribution in [2.24, 2.45) is 5.73 Å². The SMILES string of the molecule is NC/C=C/c1ccc(CN2CCCCC2)c(F)c1. The predicted molar refractivity (Wildman–Crippen MR) is 73.6 cm³/mol. The van der Waals surface area contributed by atoms with Gasteiger partial charge < -0.3 is 5.73 Å². The normalized spacial score (nSPS) is 17.4. The average molecular weight is 248 g/mol. The molecule has 0 saturated carbocycles. The third kappa shape index (κ3) is 3.65. The van der Waals surface area contributed by atoms with E-state index >= 15 is 0 Å². The Morgan fingerprint density at radius 1 is 1.22 bits per heavy atom. The van der Waals surface area contributed by atoms with Crippen LogP contribution in [0.5, 0.6) is 0 Å². The highest BCUT2D eigenvalue weighted by Crippen LogP contribution is 2.17. The maximum absolute atomic E-state index is 13.9. The van der Waals surface area contributed by atoms with Crippen molar-refractivity contribution in [1.29, 1.82) is 0 Å². The summed E-state index contributed by atoms with van der Waals surface area (Å²) in [5.41, 5.74) is 7.05. The molecule has 3 heteroatoms. The summed E-state index contributed by atoms with van der Waals surface area (Å²) in [7, 11) is 0. The second-order valence-corrected chi connectivity index (χ2v) is 4.83. The predicted octanol–water partition coefficient (Wildman–Crippen LogP) is 2.78. The minimum absolute atomic E-state index is 0.111. The number of nitrogens with two attached hydrogens (primary N) is 1. The lowest BCUT2D eigenvalue weighted by Crippen LogP contribution is -2.29. The summed E-state index contributed by atoms with van der Waals surface area (Å²) in [6, 6.07) is 5.43. The molecule has 0 aromatic heterocycles. The highest BCUT2D eigenvalue weighted by Gasteiger charge is 2.12. The highest BCUT2D eigenvalue weighted by atomic mass is 19.1. The average Bonchev–Trinajstić information content (AvgIpc) is 2.40. The van der Waals surface area contributed by atoms with Crippen molar-refractivity contribution in [2.75, 3.05) is 19.6 Å². The molecule has 1 fully saturated rings. The maximum atomic E-state index is 13.9. The molecule has 98 valence electrons. The van der Waals surface area contributed by atoms with Gasteiger partial charge in [-0.1, -0.05) is 30.7 Å². The van der Waals surface area contributed by atoms with Gasteiger partial charge in [-0.05, 0) is 37.6 Å². The molecule has 2 nitrogen and oxygen atoms in total. The summed E-state index contributed by atoms with van der Waals surface area (Å²) in [6.07, 6.45) is 7.46. The molecule has 2 N–H and O–H groups in total. The first-order valence-electron chi connectivity index (χ1n) is 6.67. The standard InChI is InChI=1S/C15H21FN2/c16-15-11-13(5-4-8-17)6-7-14(15)12-18-9-2-1-3-10-18/h4-7,11H,1-3,8-10,12,17H2/b5-4+. The number of piperidine rings is 1. The molecule has 2 rings (SSSR count). The number of hydrogen-bond donors (Lipinski definition) is 1. The first-order valence-corrected chi connectivity index (χ1v) is 6.67. The second kappa shape index (κ2) is 6.66. The van der Waals surface area contributed by atoms with Crippen LogP contribution >= 0.6 is 0 Å². The fourth-order valence-corrected chi connectivity index (χ4v) is 2.36. The van der Waals surface area contributed by atoms with Gasteiger partial charge >= 0.3 is 0 Å². The molecule has 18 heavy (non-hydrogen) atoms. The molecule has 0 amide bonds. The van der Waals surface area contributed by atoms with Crippen molar-refractivity contribution < 1.29 is 4.39 Å². The Bertz CT molecular complexity index is 409. The summed E-state index contributed by atoms with van der Waals surface area (Å²) in [6.45, 7) is 3.40. The smallest absolute Gasteiger partial charge is 0.128 e. The molecule has 0 bridgehead atoms. The van der Waals surface area contributed by atoms with E-state index in [2.05, 4.69) is 4.90 Å². The van der Waals surface area contributed by atoms with Crippen molar-refractivity contribution in [1.82, 2.24) is 4.90 Å². The Kier molecular flexibility index (Phi) is 4.90. The third-order valence-electron chi connectivity index (χ3n) is 3.37. The van der Waals surface area contributed by atoms with Gasteiger partial charge in [-0.3, -0.25) is 4.90 Å². The molecule has 1 aromatic rings. The number of likely N-dealkylation sites (tertiary alicyclic amines) is 1. The van der Waals surface area contributed by atoms with Crippen LogP contribution in [0.15, 0.2) is 24.3 Å². The molecule has 0 atom stereocenters. The van der Waals surface area contributed by atoms with E-state index in [0.29, 0.717) is 6.54 Å². The quantitative estimate of drug-likeness (QED) is 0.887. The molecule has 0 aliphatic carbocycles. The van der Waals surface area contributed by atoms with Crippen molar-refractivity contribution >= 4 is 6.08 Å². The van der Waals surface area contributed by atoms with Crippen LogP contribution in [0.1, 0.15) is 30.4 Å². The van der Waals surface area contributed by atoms with Crippen LogP contribution in [0.3, 0.4) is 0 Å². The van der Waals surface area contributed by atoms with Crippen molar-refractivity contribution in [2.45, 2.75) is 25.8 Å². The summed E-state index contributed by atoms with van der Waals surface area (Å²) in [4.78, 5) is 2.33. The van der Waals surface area contributed by atoms with Crippen LogP contribution in [0, 0.1) is 5.82 Å². The number of rotatable bonds is 4. The van der Waals surface area contributed by atoms with Crippen LogP contribution in [0.25, 0.3) is 6.08 Å². The van der Waals surface area contributed by atoms with E-state index in [4.69, 9.17) is 5.73 Å². The zero-order valence-corrected chi connectivity index (χ0v) is 10.7. The van der Waals surface area contributed by atoms with E-state index in [1.54, 1.807) is 6.07 Å². The maximum Gasteiger partial charge on any atom is 0.128 e. The molecule has 0 unspecified atom stereocenters. The number of benzene rings is 1. The van der Waals surface area contributed by atoms with Crippen LogP contribution < -0.4 is 5.73 Å². The Hall–Kier alpha value is -1.19. The topological polar surface area (TPSA) is 29.3 Å². The van der Waals surface area contributed by atoms with E-state index in [-0.39, 0.29) is 5.82 Å². The molecule has 0 radical (unpaired) electrons. The fraction of sp³-hybridized carbons (Fsp3) is 0.467. The largest absolute Gasteiger partial charge is 0.327 e. The van der Waals surface area contributed by atoms with E-state index < -0.39 is 0 Å². The lowest BCUT2D eigenvalue weighted by Gasteiger charge is -2.26. The number of nitrogens with zero attached hydrogens (tertiary/aromatic N) is 1. The van der Waals surface area contributed by atoms with E-state index in [0.717, 1.165) is 30.8 Å². The molecule has 1 aliphatic rings. The molecule has 1 aromatic carbocycles. The van der Waals surface area contributed by atoms with Gasteiger partial charge in [0, 0.05) is 18.7 Å². The van der Waals surface area contributed by atoms with E-state index in [1.807, 2.05) is 24.3 Å². The zero-order chi connectivity index (χ0) is 12.8. The Morgan fingerprint density at radius 3 is 2.67 bits per heavy atom. The molecule has 1 aliphatic heterocycles. The first-order chi connectivity index (χ1) is 8.79. The minimum Gasteiger partial charge on any atom is -0.327 e. The van der Waals surface area contributed by atoms with Crippen molar-refractivity contribution in [3.05, 3.63) is 41.2 Å². The van der Waals surface area contributed by atoms with Crippen LogP contribution in [0.2, 0.25) is 0 Å². The molecule has 1 saturated heterocycles. The lowest BCUT2D eigenvalue weighted by atomic mass is 10.1. The van der Waals surface area contributed by atoms with Gasteiger partial charge in [0.2, 0.25) is 0 Å². The number of halogens is 1. The molecule has 0 spiro atoms. The van der Waals surface area contributed by atoms with Gasteiger partial charge in [-0.25, -0.2) is 4.39 Å². The second-order valence-electron chi connectivity index (χ2n) is 4.83. The van der Waals surface area contributed by atoms with Crippen LogP contribution in [-0.4, -0.2) is 24.5 Å². The first kappa shape index (κ1) is 13.2. The van der Waals surface area contributed by atoms with Gasteiger partial charge in [0.05, 0.1) is 0 Å². The summed E-state index contributed by atoms with van der Waals surface area (Å²) >= 11 is 0. The van der Waals surface area contributed by atoms with Crippen molar-refractivity contribution in [3.8, 4) is 0 Å². The zero-order valence-electron chi connectivity index (χ0n) is 10.7. The summed E-state index contributed by atoms with van der Waals surface area (Å²) < 4.78 is 13.9. The van der Waals surface area contributed by atoms with Gasteiger partial charge in [0.25, 0.3) is 0 Å². The summed E-state index contributed by atoms with van der Waals surface area (Å²) in [5, 5.41) is 0. The fourth-order valence-electron chi connectivity index (χ4n) is 2.36. The monoisotopic (exact) mass is 248 g/mol. The Balaban J connectivity index is 2.02. The van der Waals surface area contributed by atoms with E-state index in [9.17, 15) is 4.39 Å².